The topological polar surface area (TPSA) is 66.8 Å². The van der Waals surface area contributed by atoms with Crippen molar-refractivity contribution in [1.29, 1.82) is 0 Å². The zero-order chi connectivity index (χ0) is 10.5. The van der Waals surface area contributed by atoms with Gasteiger partial charge < -0.3 is 14.9 Å². The lowest BCUT2D eigenvalue weighted by molar-refractivity contribution is -0.153. The van der Waals surface area contributed by atoms with E-state index in [0.717, 1.165) is 0 Å². The van der Waals surface area contributed by atoms with Gasteiger partial charge in [0.2, 0.25) is 0 Å². The van der Waals surface area contributed by atoms with E-state index in [-0.39, 0.29) is 19.8 Å². The van der Waals surface area contributed by atoms with E-state index in [0.29, 0.717) is 0 Å². The van der Waals surface area contributed by atoms with E-state index in [1.54, 1.807) is 20.8 Å². The fraction of sp³-hybridized carbons (Fsp3) is 0.889. The molecule has 0 radical (unpaired) electrons. The maximum atomic E-state index is 11.1. The van der Waals surface area contributed by atoms with Gasteiger partial charge in [-0.05, 0) is 6.92 Å². The highest BCUT2D eigenvalue weighted by Gasteiger charge is 2.21. The van der Waals surface area contributed by atoms with Gasteiger partial charge in [-0.1, -0.05) is 13.8 Å². The predicted octanol–water partition coefficient (Wildman–Crippen LogP) is 0.176. The molecule has 0 saturated heterocycles. The predicted molar refractivity (Wildman–Crippen MR) is 48.1 cm³/mol. The summed E-state index contributed by atoms with van der Waals surface area (Å²) in [5.74, 6) is -0.918. The van der Waals surface area contributed by atoms with Crippen LogP contribution in [0.3, 0.4) is 0 Å². The van der Waals surface area contributed by atoms with Crippen LogP contribution in [0.5, 0.6) is 0 Å². The SMILES string of the molecule is CC(CO)C(=O)OCC(C)(C)CO. The number of esters is 1. The van der Waals surface area contributed by atoms with Crippen molar-refractivity contribution >= 4 is 5.97 Å². The number of aliphatic hydroxyl groups excluding tert-OH is 2. The second kappa shape index (κ2) is 5.19. The van der Waals surface area contributed by atoms with Gasteiger partial charge in [0.25, 0.3) is 0 Å². The molecule has 0 amide bonds. The lowest BCUT2D eigenvalue weighted by Crippen LogP contribution is -2.28. The highest BCUT2D eigenvalue weighted by molar-refractivity contribution is 5.72. The number of rotatable bonds is 5. The maximum absolute atomic E-state index is 11.1. The fourth-order valence-electron chi connectivity index (χ4n) is 0.529. The molecule has 78 valence electrons. The molecule has 0 aromatic heterocycles. The first-order chi connectivity index (χ1) is 5.93. The second-order valence-corrected chi connectivity index (χ2v) is 4.01. The Balaban J connectivity index is 3.83. The molecule has 4 nitrogen and oxygen atoms in total. The van der Waals surface area contributed by atoms with Gasteiger partial charge in [-0.3, -0.25) is 4.79 Å². The Morgan fingerprint density at radius 2 is 2.00 bits per heavy atom. The van der Waals surface area contributed by atoms with Gasteiger partial charge in [0.05, 0.1) is 25.7 Å². The summed E-state index contributed by atoms with van der Waals surface area (Å²) in [6.07, 6.45) is 0. The molecule has 0 bridgehead atoms. The average molecular weight is 190 g/mol. The number of aliphatic hydroxyl groups is 2. The molecule has 1 unspecified atom stereocenters. The van der Waals surface area contributed by atoms with Crippen molar-refractivity contribution in [3.8, 4) is 0 Å². The van der Waals surface area contributed by atoms with Gasteiger partial charge in [-0.25, -0.2) is 0 Å². The third-order valence-electron chi connectivity index (χ3n) is 1.71. The third-order valence-corrected chi connectivity index (χ3v) is 1.71. The van der Waals surface area contributed by atoms with Crippen LogP contribution in [0.1, 0.15) is 20.8 Å². The minimum Gasteiger partial charge on any atom is -0.465 e. The molecule has 0 spiro atoms. The Morgan fingerprint density at radius 3 is 2.38 bits per heavy atom. The lowest BCUT2D eigenvalue weighted by Gasteiger charge is -2.21. The first-order valence-electron chi connectivity index (χ1n) is 4.31. The summed E-state index contributed by atoms with van der Waals surface area (Å²) in [6, 6.07) is 0. The molecule has 0 aromatic carbocycles. The van der Waals surface area contributed by atoms with Crippen molar-refractivity contribution in [1.82, 2.24) is 0 Å². The van der Waals surface area contributed by atoms with Crippen LogP contribution in [0.4, 0.5) is 0 Å². The smallest absolute Gasteiger partial charge is 0.311 e. The molecule has 2 N–H and O–H groups in total. The summed E-state index contributed by atoms with van der Waals surface area (Å²) in [4.78, 5) is 11.1. The Labute approximate surface area is 78.5 Å². The third kappa shape index (κ3) is 4.85. The Bertz CT molecular complexity index is 165. The highest BCUT2D eigenvalue weighted by atomic mass is 16.5. The van der Waals surface area contributed by atoms with Crippen LogP contribution in [-0.4, -0.2) is 36.0 Å². The van der Waals surface area contributed by atoms with Gasteiger partial charge in [-0.15, -0.1) is 0 Å². The molecule has 0 aliphatic heterocycles. The van der Waals surface area contributed by atoms with Crippen molar-refractivity contribution in [2.45, 2.75) is 20.8 Å². The maximum Gasteiger partial charge on any atom is 0.311 e. The summed E-state index contributed by atoms with van der Waals surface area (Å²) in [7, 11) is 0. The van der Waals surface area contributed by atoms with Crippen LogP contribution in [0, 0.1) is 11.3 Å². The molecule has 13 heavy (non-hydrogen) atoms. The van der Waals surface area contributed by atoms with Gasteiger partial charge in [0.15, 0.2) is 0 Å². The standard InChI is InChI=1S/C9H18O4/c1-7(4-10)8(12)13-6-9(2,3)5-11/h7,10-11H,4-6H2,1-3H3. The number of hydrogen-bond donors (Lipinski definition) is 2. The average Bonchev–Trinajstić information content (AvgIpc) is 2.13. The van der Waals surface area contributed by atoms with Crippen molar-refractivity contribution in [3.63, 3.8) is 0 Å². The molecule has 0 heterocycles. The fourth-order valence-corrected chi connectivity index (χ4v) is 0.529. The molecule has 0 aliphatic rings. The van der Waals surface area contributed by atoms with Crippen LogP contribution in [0.2, 0.25) is 0 Å². The van der Waals surface area contributed by atoms with Crippen molar-refractivity contribution in [2.75, 3.05) is 19.8 Å². The van der Waals surface area contributed by atoms with Gasteiger partial charge >= 0.3 is 5.97 Å². The molecule has 1 atom stereocenters. The summed E-state index contributed by atoms with van der Waals surface area (Å²) < 4.78 is 4.89. The van der Waals surface area contributed by atoms with Crippen LogP contribution >= 0.6 is 0 Å². The van der Waals surface area contributed by atoms with Gasteiger partial charge in [-0.2, -0.15) is 0 Å². The van der Waals surface area contributed by atoms with Gasteiger partial charge in [0.1, 0.15) is 0 Å². The van der Waals surface area contributed by atoms with Crippen LogP contribution in [0.15, 0.2) is 0 Å². The van der Waals surface area contributed by atoms with Crippen molar-refractivity contribution in [2.24, 2.45) is 11.3 Å². The summed E-state index contributed by atoms with van der Waals surface area (Å²) >= 11 is 0. The number of hydrogen-bond acceptors (Lipinski definition) is 4. The number of carbonyl (C=O) groups excluding carboxylic acids is 1. The monoisotopic (exact) mass is 190 g/mol. The summed E-state index contributed by atoms with van der Waals surface area (Å²) in [5.41, 5.74) is -0.412. The van der Waals surface area contributed by atoms with E-state index in [1.807, 2.05) is 0 Å². The summed E-state index contributed by atoms with van der Waals surface area (Å²) in [6.45, 7) is 5.11. The van der Waals surface area contributed by atoms with Crippen LogP contribution in [-0.2, 0) is 9.53 Å². The summed E-state index contributed by atoms with van der Waals surface area (Å²) in [5, 5.41) is 17.5. The quantitative estimate of drug-likeness (QED) is 0.607. The number of ether oxygens (including phenoxy) is 1. The molecular formula is C9H18O4. The minimum absolute atomic E-state index is 0.0339. The Morgan fingerprint density at radius 1 is 1.46 bits per heavy atom. The van der Waals surface area contributed by atoms with Crippen LogP contribution < -0.4 is 0 Å². The van der Waals surface area contributed by atoms with Crippen molar-refractivity contribution in [3.05, 3.63) is 0 Å². The lowest BCUT2D eigenvalue weighted by atomic mass is 9.96. The zero-order valence-electron chi connectivity index (χ0n) is 8.41. The molecule has 0 fully saturated rings. The molecule has 0 rings (SSSR count). The second-order valence-electron chi connectivity index (χ2n) is 4.01. The van der Waals surface area contributed by atoms with Crippen molar-refractivity contribution < 1.29 is 19.7 Å². The molecule has 0 aromatic rings. The van der Waals surface area contributed by atoms with E-state index >= 15 is 0 Å². The van der Waals surface area contributed by atoms with E-state index < -0.39 is 17.3 Å². The Kier molecular flexibility index (Phi) is 4.95. The normalized spacial score (nSPS) is 13.9. The van der Waals surface area contributed by atoms with E-state index in [4.69, 9.17) is 14.9 Å². The first kappa shape index (κ1) is 12.4. The molecular weight excluding hydrogens is 172 g/mol. The van der Waals surface area contributed by atoms with Crippen LogP contribution in [0.25, 0.3) is 0 Å². The molecule has 0 saturated carbocycles. The first-order valence-corrected chi connectivity index (χ1v) is 4.31. The number of carbonyl (C=O) groups is 1. The zero-order valence-corrected chi connectivity index (χ0v) is 8.41. The Hall–Kier alpha value is -0.610. The van der Waals surface area contributed by atoms with E-state index in [2.05, 4.69) is 0 Å². The van der Waals surface area contributed by atoms with E-state index in [9.17, 15) is 4.79 Å². The largest absolute Gasteiger partial charge is 0.465 e. The highest BCUT2D eigenvalue weighted by Crippen LogP contribution is 2.14. The molecule has 4 heteroatoms. The van der Waals surface area contributed by atoms with E-state index in [1.165, 1.54) is 0 Å². The molecule has 0 aliphatic carbocycles. The van der Waals surface area contributed by atoms with Gasteiger partial charge in [0, 0.05) is 5.41 Å². The minimum atomic E-state index is -0.491.